The fraction of sp³-hybridized carbons (Fsp3) is 1.00. The molecule has 50 valence electrons. The summed E-state index contributed by atoms with van der Waals surface area (Å²) in [5.74, 6) is 0.920. The molecule has 1 aliphatic heterocycles. The molecule has 0 aliphatic carbocycles. The first-order valence-electron chi connectivity index (χ1n) is 2.91. The molecule has 0 N–H and O–H groups in total. The monoisotopic (exact) mass is 135 g/mol. The van der Waals surface area contributed by atoms with E-state index in [0.717, 1.165) is 18.7 Å². The van der Waals surface area contributed by atoms with Crippen LogP contribution in [0.2, 0.25) is 0 Å². The number of hydrogen-bond donors (Lipinski definition) is 1. The molecule has 2 nitrogen and oxygen atoms in total. The first-order chi connectivity index (χ1) is 3.63. The Bertz CT molecular complexity index is 134. The Balaban J connectivity index is 2.69. The van der Waals surface area contributed by atoms with Crippen LogP contribution in [0.5, 0.6) is 0 Å². The van der Waals surface area contributed by atoms with E-state index in [9.17, 15) is 4.21 Å². The van der Waals surface area contributed by atoms with Crippen molar-refractivity contribution in [1.82, 2.24) is 4.31 Å². The van der Waals surface area contributed by atoms with Crippen LogP contribution in [0.1, 0.15) is 6.42 Å². The SMILES string of the molecule is CN1CCC[SH]1(C)=O. The Morgan fingerprint density at radius 1 is 1.62 bits per heavy atom. The van der Waals surface area contributed by atoms with E-state index in [1.807, 2.05) is 17.6 Å². The van der Waals surface area contributed by atoms with Gasteiger partial charge in [-0.2, -0.15) is 0 Å². The third kappa shape index (κ3) is 0.928. The standard InChI is InChI=1S/C5H13NOS/c1-6-4-3-5-8(6,2)7/h8H,3-5H2,1-2H3. The quantitative estimate of drug-likeness (QED) is 0.459. The van der Waals surface area contributed by atoms with Gasteiger partial charge < -0.3 is 0 Å². The van der Waals surface area contributed by atoms with Crippen molar-refractivity contribution in [3.8, 4) is 0 Å². The highest BCUT2D eigenvalue weighted by Gasteiger charge is 2.20. The lowest BCUT2D eigenvalue weighted by atomic mass is 10.5. The van der Waals surface area contributed by atoms with Gasteiger partial charge in [0.1, 0.15) is 0 Å². The van der Waals surface area contributed by atoms with Crippen molar-refractivity contribution in [2.45, 2.75) is 6.42 Å². The van der Waals surface area contributed by atoms with Crippen LogP contribution >= 0.6 is 0 Å². The molecule has 0 aromatic rings. The van der Waals surface area contributed by atoms with Crippen molar-refractivity contribution in [3.63, 3.8) is 0 Å². The van der Waals surface area contributed by atoms with Crippen molar-refractivity contribution in [1.29, 1.82) is 0 Å². The van der Waals surface area contributed by atoms with Gasteiger partial charge in [0.05, 0.1) is 0 Å². The Hall–Kier alpha value is 0.110. The van der Waals surface area contributed by atoms with Crippen molar-refractivity contribution < 1.29 is 4.21 Å². The molecule has 0 aromatic heterocycles. The van der Waals surface area contributed by atoms with E-state index in [2.05, 4.69) is 0 Å². The van der Waals surface area contributed by atoms with E-state index in [4.69, 9.17) is 0 Å². The number of rotatable bonds is 0. The summed E-state index contributed by atoms with van der Waals surface area (Å²) in [5.41, 5.74) is 0. The molecule has 0 amide bonds. The Morgan fingerprint density at radius 3 is 2.38 bits per heavy atom. The fourth-order valence-electron chi connectivity index (χ4n) is 0.975. The van der Waals surface area contributed by atoms with Gasteiger partial charge in [0.2, 0.25) is 0 Å². The van der Waals surface area contributed by atoms with E-state index >= 15 is 0 Å². The zero-order valence-corrected chi connectivity index (χ0v) is 6.32. The maximum Gasteiger partial charge on any atom is 0.0140 e. The molecule has 0 atom stereocenters. The number of nitrogens with zero attached hydrogens (tertiary/aromatic N) is 1. The number of hydrogen-bond acceptors (Lipinski definition) is 1. The smallest absolute Gasteiger partial charge is 0.0140 e. The van der Waals surface area contributed by atoms with Crippen molar-refractivity contribution in [2.75, 3.05) is 25.6 Å². The minimum absolute atomic E-state index is 0.920. The highest BCUT2D eigenvalue weighted by molar-refractivity contribution is 8.00. The molecule has 1 heterocycles. The minimum atomic E-state index is -1.80. The average Bonchev–Trinajstić information content (AvgIpc) is 1.86. The van der Waals surface area contributed by atoms with Gasteiger partial charge >= 0.3 is 0 Å². The van der Waals surface area contributed by atoms with Crippen LogP contribution in [0, 0.1) is 0 Å². The topological polar surface area (TPSA) is 20.3 Å². The van der Waals surface area contributed by atoms with Gasteiger partial charge in [-0.25, -0.2) is 4.31 Å². The van der Waals surface area contributed by atoms with E-state index in [-0.39, 0.29) is 0 Å². The summed E-state index contributed by atoms with van der Waals surface area (Å²) in [6, 6.07) is 0. The molecular weight excluding hydrogens is 122 g/mol. The second kappa shape index (κ2) is 1.81. The van der Waals surface area contributed by atoms with E-state index in [0.29, 0.717) is 0 Å². The van der Waals surface area contributed by atoms with Crippen LogP contribution in [-0.2, 0) is 10.1 Å². The van der Waals surface area contributed by atoms with Gasteiger partial charge in [-0.15, -0.1) is 0 Å². The molecule has 0 saturated carbocycles. The normalized spacial score (nSPS) is 32.8. The second-order valence-corrected chi connectivity index (χ2v) is 5.74. The molecule has 0 spiro atoms. The summed E-state index contributed by atoms with van der Waals surface area (Å²) >= 11 is 0. The Morgan fingerprint density at radius 2 is 2.25 bits per heavy atom. The maximum atomic E-state index is 11.3. The molecule has 1 fully saturated rings. The lowest BCUT2D eigenvalue weighted by molar-refractivity contribution is 0.551. The third-order valence-electron chi connectivity index (χ3n) is 1.78. The predicted molar refractivity (Wildman–Crippen MR) is 37.6 cm³/mol. The second-order valence-electron chi connectivity index (χ2n) is 2.51. The average molecular weight is 135 g/mol. The molecule has 1 aliphatic rings. The third-order valence-corrected chi connectivity index (χ3v) is 4.57. The fourth-order valence-corrected chi connectivity index (χ4v) is 2.61. The van der Waals surface area contributed by atoms with Gasteiger partial charge in [0.15, 0.2) is 0 Å². The van der Waals surface area contributed by atoms with E-state index in [1.54, 1.807) is 0 Å². The summed E-state index contributed by atoms with van der Waals surface area (Å²) in [5, 5.41) is 0. The first kappa shape index (κ1) is 6.23. The summed E-state index contributed by atoms with van der Waals surface area (Å²) in [4.78, 5) is 0. The van der Waals surface area contributed by atoms with Crippen molar-refractivity contribution in [2.24, 2.45) is 0 Å². The van der Waals surface area contributed by atoms with Gasteiger partial charge in [-0.05, 0) is 13.5 Å². The lowest BCUT2D eigenvalue weighted by Gasteiger charge is -2.19. The Kier molecular flexibility index (Phi) is 1.41. The zero-order chi connectivity index (χ0) is 6.20. The highest BCUT2D eigenvalue weighted by atomic mass is 32.3. The van der Waals surface area contributed by atoms with Gasteiger partial charge in [-0.3, -0.25) is 4.21 Å². The van der Waals surface area contributed by atoms with Crippen molar-refractivity contribution >= 4 is 10.1 Å². The summed E-state index contributed by atoms with van der Waals surface area (Å²) in [7, 11) is 0.137. The predicted octanol–water partition coefficient (Wildman–Crippen LogP) is -0.117. The number of thiol groups is 1. The molecule has 0 radical (unpaired) electrons. The highest BCUT2D eigenvalue weighted by Crippen LogP contribution is 2.14. The molecular formula is C5H13NOS. The molecule has 0 unspecified atom stereocenters. The van der Waals surface area contributed by atoms with Crippen LogP contribution < -0.4 is 0 Å². The Labute approximate surface area is 51.4 Å². The molecule has 0 bridgehead atoms. The van der Waals surface area contributed by atoms with Crippen LogP contribution in [0.15, 0.2) is 0 Å². The van der Waals surface area contributed by atoms with Crippen LogP contribution in [0.25, 0.3) is 0 Å². The van der Waals surface area contributed by atoms with E-state index < -0.39 is 10.1 Å². The van der Waals surface area contributed by atoms with Gasteiger partial charge in [0.25, 0.3) is 0 Å². The van der Waals surface area contributed by atoms with Crippen LogP contribution in [0.3, 0.4) is 0 Å². The molecule has 3 heteroatoms. The molecule has 8 heavy (non-hydrogen) atoms. The van der Waals surface area contributed by atoms with Gasteiger partial charge in [-0.1, -0.05) is 10.1 Å². The largest absolute Gasteiger partial charge is 0.271 e. The van der Waals surface area contributed by atoms with E-state index in [1.165, 1.54) is 0 Å². The molecule has 0 aromatic carbocycles. The summed E-state index contributed by atoms with van der Waals surface area (Å²) in [6.07, 6.45) is 2.98. The zero-order valence-electron chi connectivity index (χ0n) is 5.42. The summed E-state index contributed by atoms with van der Waals surface area (Å²) < 4.78 is 13.2. The summed E-state index contributed by atoms with van der Waals surface area (Å²) in [6.45, 7) is 1.02. The molecule has 1 saturated heterocycles. The maximum absolute atomic E-state index is 11.3. The van der Waals surface area contributed by atoms with Crippen LogP contribution in [0.4, 0.5) is 0 Å². The van der Waals surface area contributed by atoms with Gasteiger partial charge in [0, 0.05) is 18.6 Å². The first-order valence-corrected chi connectivity index (χ1v) is 5.20. The van der Waals surface area contributed by atoms with Crippen LogP contribution in [-0.4, -0.2) is 34.1 Å². The lowest BCUT2D eigenvalue weighted by Crippen LogP contribution is -2.26. The molecule has 1 rings (SSSR count). The minimum Gasteiger partial charge on any atom is -0.271 e. The van der Waals surface area contributed by atoms with Crippen molar-refractivity contribution in [3.05, 3.63) is 0 Å².